The van der Waals surface area contributed by atoms with Gasteiger partial charge in [-0.15, -0.1) is 0 Å². The summed E-state index contributed by atoms with van der Waals surface area (Å²) in [6.45, 7) is 3.42. The van der Waals surface area contributed by atoms with Crippen LogP contribution in [-0.2, 0) is 9.53 Å². The van der Waals surface area contributed by atoms with Crippen LogP contribution in [0, 0.1) is 0 Å². The molecule has 0 fully saturated rings. The monoisotopic (exact) mass is 190 g/mol. The maximum atomic E-state index is 10.8. The van der Waals surface area contributed by atoms with Crippen LogP contribution in [0.1, 0.15) is 25.8 Å². The molecule has 0 unspecified atom stereocenters. The van der Waals surface area contributed by atoms with Crippen LogP contribution in [-0.4, -0.2) is 5.97 Å². The molecule has 1 rings (SSSR count). The highest BCUT2D eigenvalue weighted by molar-refractivity contribution is 5.76. The largest absolute Gasteiger partial charge is 0.426 e. The molecular formula is C12H14O2. The molecule has 0 aliphatic carbocycles. The summed E-state index contributed by atoms with van der Waals surface area (Å²) in [6, 6.07) is 9.61. The Morgan fingerprint density at radius 1 is 1.36 bits per heavy atom. The molecule has 2 heteroatoms. The Hall–Kier alpha value is -1.57. The Labute approximate surface area is 84.2 Å². The summed E-state index contributed by atoms with van der Waals surface area (Å²) in [4.78, 5) is 10.8. The van der Waals surface area contributed by atoms with Gasteiger partial charge in [-0.3, -0.25) is 4.79 Å². The Bertz CT molecular complexity index is 325. The van der Waals surface area contributed by atoms with Crippen LogP contribution in [0.2, 0.25) is 0 Å². The molecule has 0 spiro atoms. The minimum absolute atomic E-state index is 0.284. The second-order valence-electron chi connectivity index (χ2n) is 2.94. The minimum atomic E-state index is -0.284. The number of allylic oxidation sites excluding steroid dienone is 1. The number of carbonyl (C=O) groups excluding carboxylic acids is 1. The van der Waals surface area contributed by atoms with E-state index in [1.807, 2.05) is 43.3 Å². The zero-order valence-corrected chi connectivity index (χ0v) is 8.49. The lowest BCUT2D eigenvalue weighted by Crippen LogP contribution is -1.98. The lowest BCUT2D eigenvalue weighted by Gasteiger charge is -2.06. The predicted octanol–water partition coefficient (Wildman–Crippen LogP) is 3.00. The van der Waals surface area contributed by atoms with Crippen LogP contribution >= 0.6 is 0 Å². The van der Waals surface area contributed by atoms with Gasteiger partial charge in [0.15, 0.2) is 0 Å². The lowest BCUT2D eigenvalue weighted by molar-refractivity contribution is -0.134. The average Bonchev–Trinajstić information content (AvgIpc) is 2.18. The molecule has 0 saturated heterocycles. The van der Waals surface area contributed by atoms with E-state index in [-0.39, 0.29) is 5.97 Å². The van der Waals surface area contributed by atoms with E-state index in [1.165, 1.54) is 6.92 Å². The normalized spacial score (nSPS) is 11.1. The molecule has 0 radical (unpaired) electrons. The second kappa shape index (κ2) is 5.22. The molecule has 74 valence electrons. The standard InChI is InChI=1S/C12H14O2/c1-3-7-12(14-10(2)13)11-8-5-4-6-9-11/h4-9H,3H2,1-2H3/b12-7+. The molecule has 0 bridgehead atoms. The highest BCUT2D eigenvalue weighted by Crippen LogP contribution is 2.16. The van der Waals surface area contributed by atoms with Crippen molar-refractivity contribution in [1.82, 2.24) is 0 Å². The first-order chi connectivity index (χ1) is 6.74. The molecule has 14 heavy (non-hydrogen) atoms. The van der Waals surface area contributed by atoms with Crippen molar-refractivity contribution < 1.29 is 9.53 Å². The molecule has 2 nitrogen and oxygen atoms in total. The third kappa shape index (κ3) is 3.05. The van der Waals surface area contributed by atoms with Gasteiger partial charge in [-0.1, -0.05) is 37.3 Å². The summed E-state index contributed by atoms with van der Waals surface area (Å²) in [5, 5.41) is 0. The van der Waals surface area contributed by atoms with E-state index >= 15 is 0 Å². The summed E-state index contributed by atoms with van der Waals surface area (Å²) in [5.74, 6) is 0.356. The Morgan fingerprint density at radius 3 is 2.50 bits per heavy atom. The van der Waals surface area contributed by atoms with E-state index in [2.05, 4.69) is 0 Å². The SMILES string of the molecule is CC/C=C(/OC(C)=O)c1ccccc1. The molecule has 1 aromatic rings. The van der Waals surface area contributed by atoms with Crippen LogP contribution in [0.15, 0.2) is 36.4 Å². The Kier molecular flexibility index (Phi) is 3.92. The van der Waals surface area contributed by atoms with Crippen LogP contribution < -0.4 is 0 Å². The number of carbonyl (C=O) groups is 1. The van der Waals surface area contributed by atoms with E-state index in [9.17, 15) is 4.79 Å². The zero-order valence-electron chi connectivity index (χ0n) is 8.49. The van der Waals surface area contributed by atoms with Gasteiger partial charge < -0.3 is 4.74 Å². The molecule has 0 N–H and O–H groups in total. The number of hydrogen-bond donors (Lipinski definition) is 0. The van der Waals surface area contributed by atoms with Crippen LogP contribution in [0.25, 0.3) is 5.76 Å². The first-order valence-electron chi connectivity index (χ1n) is 4.68. The van der Waals surface area contributed by atoms with E-state index in [0.717, 1.165) is 12.0 Å². The summed E-state index contributed by atoms with van der Waals surface area (Å²) in [5.41, 5.74) is 0.935. The molecule has 0 aromatic heterocycles. The first-order valence-corrected chi connectivity index (χ1v) is 4.68. The van der Waals surface area contributed by atoms with Crippen molar-refractivity contribution >= 4 is 11.7 Å². The van der Waals surface area contributed by atoms with E-state index < -0.39 is 0 Å². The molecule has 0 aliphatic rings. The molecule has 0 amide bonds. The number of rotatable bonds is 3. The van der Waals surface area contributed by atoms with Crippen LogP contribution in [0.4, 0.5) is 0 Å². The van der Waals surface area contributed by atoms with Gasteiger partial charge >= 0.3 is 5.97 Å². The molecule has 0 saturated carbocycles. The van der Waals surface area contributed by atoms with E-state index in [4.69, 9.17) is 4.74 Å². The number of hydrogen-bond acceptors (Lipinski definition) is 2. The highest BCUT2D eigenvalue weighted by atomic mass is 16.5. The van der Waals surface area contributed by atoms with Gasteiger partial charge in [0.05, 0.1) is 0 Å². The van der Waals surface area contributed by atoms with Crippen molar-refractivity contribution in [3.8, 4) is 0 Å². The predicted molar refractivity (Wildman–Crippen MR) is 56.5 cm³/mol. The Balaban J connectivity index is 2.89. The van der Waals surface area contributed by atoms with Gasteiger partial charge in [-0.05, 0) is 12.5 Å². The number of benzene rings is 1. The third-order valence-corrected chi connectivity index (χ3v) is 1.70. The summed E-state index contributed by atoms with van der Waals surface area (Å²) < 4.78 is 5.10. The van der Waals surface area contributed by atoms with Crippen molar-refractivity contribution in [2.24, 2.45) is 0 Å². The number of ether oxygens (including phenoxy) is 1. The second-order valence-corrected chi connectivity index (χ2v) is 2.94. The third-order valence-electron chi connectivity index (χ3n) is 1.70. The van der Waals surface area contributed by atoms with Gasteiger partial charge in [0.1, 0.15) is 5.76 Å². The lowest BCUT2D eigenvalue weighted by atomic mass is 10.1. The van der Waals surface area contributed by atoms with Gasteiger partial charge in [-0.25, -0.2) is 0 Å². The summed E-state index contributed by atoms with van der Waals surface area (Å²) >= 11 is 0. The van der Waals surface area contributed by atoms with Crippen LogP contribution in [0.3, 0.4) is 0 Å². The van der Waals surface area contributed by atoms with Crippen molar-refractivity contribution in [2.45, 2.75) is 20.3 Å². The quantitative estimate of drug-likeness (QED) is 0.541. The highest BCUT2D eigenvalue weighted by Gasteiger charge is 2.03. The average molecular weight is 190 g/mol. The molecule has 0 heterocycles. The van der Waals surface area contributed by atoms with Gasteiger partial charge in [0, 0.05) is 12.5 Å². The van der Waals surface area contributed by atoms with Gasteiger partial charge in [-0.2, -0.15) is 0 Å². The number of esters is 1. The molecule has 0 aliphatic heterocycles. The molecule has 1 aromatic carbocycles. The molecular weight excluding hydrogens is 176 g/mol. The van der Waals surface area contributed by atoms with Crippen LogP contribution in [0.5, 0.6) is 0 Å². The topological polar surface area (TPSA) is 26.3 Å². The van der Waals surface area contributed by atoms with Crippen molar-refractivity contribution in [1.29, 1.82) is 0 Å². The van der Waals surface area contributed by atoms with Crippen molar-refractivity contribution in [3.05, 3.63) is 42.0 Å². The summed E-state index contributed by atoms with van der Waals surface area (Å²) in [6.07, 6.45) is 2.74. The van der Waals surface area contributed by atoms with E-state index in [0.29, 0.717) is 5.76 Å². The fourth-order valence-corrected chi connectivity index (χ4v) is 1.16. The molecule has 0 atom stereocenters. The first kappa shape index (κ1) is 10.5. The van der Waals surface area contributed by atoms with E-state index in [1.54, 1.807) is 0 Å². The fraction of sp³-hybridized carbons (Fsp3) is 0.250. The smallest absolute Gasteiger partial charge is 0.308 e. The van der Waals surface area contributed by atoms with Crippen molar-refractivity contribution in [3.63, 3.8) is 0 Å². The van der Waals surface area contributed by atoms with Gasteiger partial charge in [0.25, 0.3) is 0 Å². The Morgan fingerprint density at radius 2 is 2.00 bits per heavy atom. The minimum Gasteiger partial charge on any atom is -0.426 e. The van der Waals surface area contributed by atoms with Gasteiger partial charge in [0.2, 0.25) is 0 Å². The van der Waals surface area contributed by atoms with Crippen molar-refractivity contribution in [2.75, 3.05) is 0 Å². The summed E-state index contributed by atoms with van der Waals surface area (Å²) in [7, 11) is 0. The maximum Gasteiger partial charge on any atom is 0.308 e. The zero-order chi connectivity index (χ0) is 10.4. The fourth-order valence-electron chi connectivity index (χ4n) is 1.16. The maximum absolute atomic E-state index is 10.8.